The van der Waals surface area contributed by atoms with Gasteiger partial charge in [0.05, 0.1) is 5.92 Å². The van der Waals surface area contributed by atoms with E-state index in [1.807, 2.05) is 26.8 Å². The summed E-state index contributed by atoms with van der Waals surface area (Å²) >= 11 is 0. The number of rotatable bonds is 2. The van der Waals surface area contributed by atoms with E-state index >= 15 is 0 Å². The monoisotopic (exact) mass is 276 g/mol. The van der Waals surface area contributed by atoms with Crippen LogP contribution >= 0.6 is 0 Å². The van der Waals surface area contributed by atoms with Crippen LogP contribution in [0.5, 0.6) is 0 Å². The Morgan fingerprint density at radius 2 is 2.10 bits per heavy atom. The van der Waals surface area contributed by atoms with Crippen LogP contribution in [0.15, 0.2) is 24.3 Å². The summed E-state index contributed by atoms with van der Waals surface area (Å²) in [4.78, 5) is 25.7. The van der Waals surface area contributed by atoms with E-state index in [1.165, 1.54) is 0 Å². The van der Waals surface area contributed by atoms with Gasteiger partial charge in [0.15, 0.2) is 0 Å². The number of hydrogen-bond acceptors (Lipinski definition) is 4. The van der Waals surface area contributed by atoms with Crippen molar-refractivity contribution in [3.8, 4) is 0 Å². The predicted molar refractivity (Wildman–Crippen MR) is 77.2 cm³/mol. The summed E-state index contributed by atoms with van der Waals surface area (Å²) < 4.78 is 5.34. The summed E-state index contributed by atoms with van der Waals surface area (Å²) in [6.45, 7) is 5.79. The second kappa shape index (κ2) is 5.15. The molecule has 20 heavy (non-hydrogen) atoms. The fourth-order valence-corrected chi connectivity index (χ4v) is 2.19. The van der Waals surface area contributed by atoms with E-state index in [9.17, 15) is 9.59 Å². The Morgan fingerprint density at radius 3 is 2.70 bits per heavy atom. The molecular formula is C15H20N2O3. The standard InChI is InChI=1S/C15H20N2O3/c1-15(2,3)20-14(19)10-7-13(18)17(9-10)12-6-4-5-11(16)8-12/h4-6,8,10H,7,9,16H2,1-3H3. The third kappa shape index (κ3) is 3.29. The lowest BCUT2D eigenvalue weighted by molar-refractivity contribution is -0.159. The summed E-state index contributed by atoms with van der Waals surface area (Å²) in [5.74, 6) is -0.813. The van der Waals surface area contributed by atoms with Crippen LogP contribution in [0.4, 0.5) is 11.4 Å². The minimum Gasteiger partial charge on any atom is -0.460 e. The Labute approximate surface area is 118 Å². The highest BCUT2D eigenvalue weighted by Crippen LogP contribution is 2.28. The zero-order valence-electron chi connectivity index (χ0n) is 12.1. The second-order valence-corrected chi connectivity index (χ2v) is 6.03. The van der Waals surface area contributed by atoms with Gasteiger partial charge in [-0.05, 0) is 39.0 Å². The molecular weight excluding hydrogens is 256 g/mol. The van der Waals surface area contributed by atoms with Crippen LogP contribution in [0.25, 0.3) is 0 Å². The number of esters is 1. The number of nitrogen functional groups attached to an aromatic ring is 1. The molecule has 5 nitrogen and oxygen atoms in total. The largest absolute Gasteiger partial charge is 0.460 e. The lowest BCUT2D eigenvalue weighted by atomic mass is 10.1. The molecule has 1 heterocycles. The minimum absolute atomic E-state index is 0.0774. The van der Waals surface area contributed by atoms with Gasteiger partial charge in [0.2, 0.25) is 5.91 Å². The van der Waals surface area contributed by atoms with Crippen molar-refractivity contribution in [2.75, 3.05) is 17.2 Å². The number of nitrogens with two attached hydrogens (primary N) is 1. The molecule has 0 bridgehead atoms. The summed E-state index contributed by atoms with van der Waals surface area (Å²) in [6, 6.07) is 7.09. The first-order chi connectivity index (χ1) is 9.26. The van der Waals surface area contributed by atoms with Crippen LogP contribution < -0.4 is 10.6 Å². The zero-order chi connectivity index (χ0) is 14.9. The molecule has 5 heteroatoms. The molecule has 0 saturated carbocycles. The van der Waals surface area contributed by atoms with Gasteiger partial charge in [0.25, 0.3) is 0 Å². The molecule has 1 fully saturated rings. The number of carbonyl (C=O) groups is 2. The highest BCUT2D eigenvalue weighted by molar-refractivity contribution is 5.99. The maximum absolute atomic E-state index is 12.0. The molecule has 1 aliphatic heterocycles. The van der Waals surface area contributed by atoms with E-state index < -0.39 is 11.5 Å². The van der Waals surface area contributed by atoms with Crippen LogP contribution in [0.1, 0.15) is 27.2 Å². The molecule has 2 rings (SSSR count). The SMILES string of the molecule is CC(C)(C)OC(=O)C1CC(=O)N(c2cccc(N)c2)C1. The maximum atomic E-state index is 12.0. The second-order valence-electron chi connectivity index (χ2n) is 6.03. The van der Waals surface area contributed by atoms with Gasteiger partial charge in [0, 0.05) is 24.3 Å². The molecule has 0 aromatic heterocycles. The van der Waals surface area contributed by atoms with Crippen molar-refractivity contribution in [2.24, 2.45) is 5.92 Å². The van der Waals surface area contributed by atoms with Gasteiger partial charge < -0.3 is 15.4 Å². The number of nitrogens with zero attached hydrogens (tertiary/aromatic N) is 1. The number of amides is 1. The smallest absolute Gasteiger partial charge is 0.311 e. The lowest BCUT2D eigenvalue weighted by Crippen LogP contribution is -2.30. The number of ether oxygens (including phenoxy) is 1. The van der Waals surface area contributed by atoms with Crippen LogP contribution in [0.3, 0.4) is 0 Å². The highest BCUT2D eigenvalue weighted by atomic mass is 16.6. The molecule has 0 radical (unpaired) electrons. The summed E-state index contributed by atoms with van der Waals surface area (Å²) in [7, 11) is 0. The molecule has 1 atom stereocenters. The highest BCUT2D eigenvalue weighted by Gasteiger charge is 2.37. The predicted octanol–water partition coefficient (Wildman–Crippen LogP) is 1.96. The molecule has 1 amide bonds. The fraction of sp³-hybridized carbons (Fsp3) is 0.467. The molecule has 1 aromatic rings. The topological polar surface area (TPSA) is 72.6 Å². The van der Waals surface area contributed by atoms with E-state index in [0.717, 1.165) is 5.69 Å². The molecule has 0 aliphatic carbocycles. The van der Waals surface area contributed by atoms with Crippen LogP contribution in [0.2, 0.25) is 0 Å². The summed E-state index contributed by atoms with van der Waals surface area (Å²) in [5, 5.41) is 0. The van der Waals surface area contributed by atoms with Crippen LogP contribution in [-0.2, 0) is 14.3 Å². The third-order valence-electron chi connectivity index (χ3n) is 3.05. The summed E-state index contributed by atoms with van der Waals surface area (Å²) in [5.41, 5.74) is 6.50. The van der Waals surface area contributed by atoms with Crippen LogP contribution in [-0.4, -0.2) is 24.0 Å². The number of benzene rings is 1. The maximum Gasteiger partial charge on any atom is 0.311 e. The average Bonchev–Trinajstić information content (AvgIpc) is 2.69. The van der Waals surface area contributed by atoms with E-state index in [1.54, 1.807) is 23.1 Å². The van der Waals surface area contributed by atoms with E-state index in [0.29, 0.717) is 12.2 Å². The Kier molecular flexibility index (Phi) is 3.70. The Balaban J connectivity index is 2.09. The number of anilines is 2. The Morgan fingerprint density at radius 1 is 1.40 bits per heavy atom. The first-order valence-electron chi connectivity index (χ1n) is 6.65. The Bertz CT molecular complexity index is 534. The number of hydrogen-bond donors (Lipinski definition) is 1. The fourth-order valence-electron chi connectivity index (χ4n) is 2.19. The number of carbonyl (C=O) groups excluding carboxylic acids is 2. The molecule has 1 aromatic carbocycles. The molecule has 2 N–H and O–H groups in total. The van der Waals surface area contributed by atoms with Gasteiger partial charge in [-0.25, -0.2) is 0 Å². The van der Waals surface area contributed by atoms with Crippen molar-refractivity contribution < 1.29 is 14.3 Å². The molecule has 108 valence electrons. The first kappa shape index (κ1) is 14.4. The van der Waals surface area contributed by atoms with Crippen molar-refractivity contribution in [3.05, 3.63) is 24.3 Å². The molecule has 1 saturated heterocycles. The minimum atomic E-state index is -0.537. The van der Waals surface area contributed by atoms with Gasteiger partial charge in [0.1, 0.15) is 5.60 Å². The van der Waals surface area contributed by atoms with Gasteiger partial charge in [-0.3, -0.25) is 9.59 Å². The molecule has 0 spiro atoms. The van der Waals surface area contributed by atoms with E-state index in [-0.39, 0.29) is 18.3 Å². The third-order valence-corrected chi connectivity index (χ3v) is 3.05. The zero-order valence-corrected chi connectivity index (χ0v) is 12.1. The molecule has 1 unspecified atom stereocenters. The van der Waals surface area contributed by atoms with Gasteiger partial charge in [-0.2, -0.15) is 0 Å². The van der Waals surface area contributed by atoms with Gasteiger partial charge >= 0.3 is 5.97 Å². The van der Waals surface area contributed by atoms with Crippen molar-refractivity contribution in [2.45, 2.75) is 32.8 Å². The normalized spacial score (nSPS) is 19.2. The van der Waals surface area contributed by atoms with Crippen molar-refractivity contribution >= 4 is 23.3 Å². The van der Waals surface area contributed by atoms with Gasteiger partial charge in [-0.1, -0.05) is 6.07 Å². The quantitative estimate of drug-likeness (QED) is 0.662. The first-order valence-corrected chi connectivity index (χ1v) is 6.65. The summed E-state index contributed by atoms with van der Waals surface area (Å²) in [6.07, 6.45) is 0.184. The van der Waals surface area contributed by atoms with Crippen LogP contribution in [0, 0.1) is 5.92 Å². The molecule has 1 aliphatic rings. The van der Waals surface area contributed by atoms with E-state index in [2.05, 4.69) is 0 Å². The van der Waals surface area contributed by atoms with E-state index in [4.69, 9.17) is 10.5 Å². The lowest BCUT2D eigenvalue weighted by Gasteiger charge is -2.22. The van der Waals surface area contributed by atoms with Crippen molar-refractivity contribution in [1.82, 2.24) is 0 Å². The van der Waals surface area contributed by atoms with Crippen molar-refractivity contribution in [1.29, 1.82) is 0 Å². The Hall–Kier alpha value is -2.04. The van der Waals surface area contributed by atoms with Crippen molar-refractivity contribution in [3.63, 3.8) is 0 Å². The van der Waals surface area contributed by atoms with Gasteiger partial charge in [-0.15, -0.1) is 0 Å². The average molecular weight is 276 g/mol.